The van der Waals surface area contributed by atoms with Crippen LogP contribution in [0.15, 0.2) is 52.6 Å². The van der Waals surface area contributed by atoms with Gasteiger partial charge in [0.15, 0.2) is 0 Å². The predicted molar refractivity (Wildman–Crippen MR) is 175 cm³/mol. The fraction of sp³-hybridized carbons (Fsp3) is 0.515. The van der Waals surface area contributed by atoms with Crippen molar-refractivity contribution in [2.75, 3.05) is 6.54 Å². The molecule has 1 heterocycles. The normalized spacial score (nSPS) is 21.7. The number of rotatable bonds is 11. The number of carbonyl (C=O) groups excluding carboxylic acids is 2. The van der Waals surface area contributed by atoms with Gasteiger partial charge in [-0.05, 0) is 79.3 Å². The summed E-state index contributed by atoms with van der Waals surface area (Å²) in [5.41, 5.74) is 7.69. The Morgan fingerprint density at radius 3 is 2.33 bits per heavy atom. The van der Waals surface area contributed by atoms with Crippen molar-refractivity contribution in [1.29, 1.82) is 0 Å². The van der Waals surface area contributed by atoms with Crippen LogP contribution in [0.3, 0.4) is 0 Å². The smallest absolute Gasteiger partial charge is 0.275 e. The fourth-order valence-corrected chi connectivity index (χ4v) is 6.97. The quantitative estimate of drug-likeness (QED) is 0.109. The van der Waals surface area contributed by atoms with Gasteiger partial charge in [-0.25, -0.2) is 0 Å². The Hall–Kier alpha value is -3.10. The number of nitrogens with one attached hydrogen (secondary N) is 1. The minimum Gasteiger partial charge on any atom is -0.384 e. The molecular weight excluding hydrogens is 583 g/mol. The summed E-state index contributed by atoms with van der Waals surface area (Å²) in [5.74, 6) is 5.48. The second kappa shape index (κ2) is 13.7. The van der Waals surface area contributed by atoms with E-state index in [-0.39, 0.29) is 35.7 Å². The Bertz CT molecular complexity index is 1360. The van der Waals surface area contributed by atoms with Crippen molar-refractivity contribution < 1.29 is 9.59 Å². The molecule has 0 unspecified atom stereocenters. The van der Waals surface area contributed by atoms with Gasteiger partial charge in [0.1, 0.15) is 17.2 Å². The fourth-order valence-electron chi connectivity index (χ4n) is 6.44. The number of benzene rings is 2. The zero-order chi connectivity index (χ0) is 31.4. The van der Waals surface area contributed by atoms with Crippen LogP contribution in [0.5, 0.6) is 0 Å². The number of nitrogens with zero attached hydrogens (tertiary/aromatic N) is 3. The molecule has 1 atom stereocenters. The van der Waals surface area contributed by atoms with E-state index in [1.165, 1.54) is 0 Å². The van der Waals surface area contributed by atoms with E-state index in [1.54, 1.807) is 30.3 Å². The number of hydrazone groups is 1. The van der Waals surface area contributed by atoms with Crippen LogP contribution in [0.25, 0.3) is 0 Å². The molecule has 1 spiro atoms. The van der Waals surface area contributed by atoms with E-state index < -0.39 is 5.66 Å². The van der Waals surface area contributed by atoms with Crippen molar-refractivity contribution in [3.05, 3.63) is 69.2 Å². The highest BCUT2D eigenvalue weighted by atomic mass is 35.5. The standard InChI is InChI=1S/C33H44Cl2N6O2/c1-5-7-8-27(21-9-11-22(12-10-21)30(42)38-20-28(36)40-37)41-31(43)29(23-17-25(34)19-26(35)18-23)39-33(41)15-13-24(14-16-33)32(3,4)6-2/h9-12,17-19,24,27H,5-8,13-16,20,37H2,1-4H3,(H2,36,40)(H,38,42)/t24?,27-,33?/m1/s1. The molecule has 4 rings (SSSR count). The van der Waals surface area contributed by atoms with E-state index in [0.29, 0.717) is 32.8 Å². The van der Waals surface area contributed by atoms with Crippen LogP contribution in [0.4, 0.5) is 0 Å². The van der Waals surface area contributed by atoms with Crippen molar-refractivity contribution in [3.8, 4) is 0 Å². The molecule has 0 radical (unpaired) electrons. The third kappa shape index (κ3) is 7.18. The lowest BCUT2D eigenvalue weighted by Gasteiger charge is -2.48. The van der Waals surface area contributed by atoms with Crippen LogP contribution in [-0.2, 0) is 4.79 Å². The first kappa shape index (κ1) is 32.8. The molecule has 2 aromatic carbocycles. The molecule has 5 N–H and O–H groups in total. The number of carbonyl (C=O) groups is 2. The lowest BCUT2D eigenvalue weighted by molar-refractivity contribution is -0.133. The molecule has 2 aliphatic rings. The third-order valence-electron chi connectivity index (χ3n) is 9.42. The average Bonchev–Trinajstić information content (AvgIpc) is 3.27. The number of aliphatic imine (C=N–C) groups is 1. The van der Waals surface area contributed by atoms with E-state index in [0.717, 1.165) is 56.9 Å². The Kier molecular flexibility index (Phi) is 10.4. The monoisotopic (exact) mass is 626 g/mol. The van der Waals surface area contributed by atoms with E-state index in [1.807, 2.05) is 17.0 Å². The largest absolute Gasteiger partial charge is 0.384 e. The Morgan fingerprint density at radius 1 is 1.14 bits per heavy atom. The summed E-state index contributed by atoms with van der Waals surface area (Å²) in [6.07, 6.45) is 7.37. The molecule has 2 aromatic rings. The molecule has 1 aliphatic heterocycles. The lowest BCUT2D eigenvalue weighted by atomic mass is 9.67. The molecule has 8 nitrogen and oxygen atoms in total. The second-order valence-corrected chi connectivity index (χ2v) is 13.3. The van der Waals surface area contributed by atoms with Gasteiger partial charge in [-0.15, -0.1) is 0 Å². The minimum absolute atomic E-state index is 0.0600. The van der Waals surface area contributed by atoms with Crippen LogP contribution in [0, 0.1) is 11.3 Å². The zero-order valence-corrected chi connectivity index (χ0v) is 27.1. The van der Waals surface area contributed by atoms with Crippen LogP contribution in [-0.4, -0.2) is 40.5 Å². The number of amidine groups is 1. The van der Waals surface area contributed by atoms with Crippen LogP contribution < -0.4 is 16.9 Å². The van der Waals surface area contributed by atoms with Gasteiger partial charge in [0.05, 0.1) is 12.6 Å². The molecule has 1 saturated carbocycles. The number of halogens is 2. The number of nitrogens with two attached hydrogens (primary N) is 2. The summed E-state index contributed by atoms with van der Waals surface area (Å²) in [7, 11) is 0. The highest BCUT2D eigenvalue weighted by Crippen LogP contribution is 2.50. The van der Waals surface area contributed by atoms with Gasteiger partial charge in [-0.2, -0.15) is 5.10 Å². The highest BCUT2D eigenvalue weighted by molar-refractivity contribution is 6.47. The first-order valence-corrected chi connectivity index (χ1v) is 16.0. The highest BCUT2D eigenvalue weighted by Gasteiger charge is 2.52. The molecule has 10 heteroatoms. The summed E-state index contributed by atoms with van der Waals surface area (Å²) < 4.78 is 0. The second-order valence-electron chi connectivity index (χ2n) is 12.5. The van der Waals surface area contributed by atoms with E-state index >= 15 is 0 Å². The third-order valence-corrected chi connectivity index (χ3v) is 9.86. The number of hydrogen-bond acceptors (Lipinski definition) is 5. The van der Waals surface area contributed by atoms with Crippen molar-refractivity contribution in [3.63, 3.8) is 0 Å². The first-order valence-electron chi connectivity index (χ1n) is 15.2. The Labute approximate surface area is 265 Å². The van der Waals surface area contributed by atoms with Crippen molar-refractivity contribution in [2.24, 2.45) is 33.0 Å². The maximum atomic E-state index is 14.5. The molecule has 1 aliphatic carbocycles. The van der Waals surface area contributed by atoms with Crippen molar-refractivity contribution >= 4 is 46.6 Å². The number of unbranched alkanes of at least 4 members (excludes halogenated alkanes) is 1. The molecule has 1 fully saturated rings. The van der Waals surface area contributed by atoms with Crippen molar-refractivity contribution in [2.45, 2.75) is 90.8 Å². The van der Waals surface area contributed by atoms with E-state index in [2.05, 4.69) is 38.1 Å². The zero-order valence-electron chi connectivity index (χ0n) is 25.6. The molecular formula is C33H44Cl2N6O2. The van der Waals surface area contributed by atoms with Crippen molar-refractivity contribution in [1.82, 2.24) is 10.2 Å². The van der Waals surface area contributed by atoms with Crippen LogP contribution >= 0.6 is 23.2 Å². The topological polar surface area (TPSA) is 126 Å². The van der Waals surface area contributed by atoms with Crippen LogP contribution in [0.1, 0.15) is 107 Å². The van der Waals surface area contributed by atoms with Gasteiger partial charge in [-0.3, -0.25) is 14.6 Å². The lowest BCUT2D eigenvalue weighted by Crippen LogP contribution is -2.51. The van der Waals surface area contributed by atoms with Gasteiger partial charge in [0, 0.05) is 21.2 Å². The average molecular weight is 628 g/mol. The first-order chi connectivity index (χ1) is 20.4. The molecule has 0 bridgehead atoms. The minimum atomic E-state index is -0.658. The summed E-state index contributed by atoms with van der Waals surface area (Å²) >= 11 is 12.7. The van der Waals surface area contributed by atoms with Gasteiger partial charge in [-0.1, -0.05) is 82.3 Å². The molecule has 0 aromatic heterocycles. The molecule has 2 amide bonds. The van der Waals surface area contributed by atoms with Crippen LogP contribution in [0.2, 0.25) is 10.0 Å². The summed E-state index contributed by atoms with van der Waals surface area (Å²) in [4.78, 5) is 34.5. The maximum Gasteiger partial charge on any atom is 0.275 e. The Balaban J connectivity index is 1.72. The SMILES string of the molecule is CCCC[C@H](c1ccc(C(=O)NC/C(N)=N/N)cc1)N1C(=O)C(c2cc(Cl)cc(Cl)c2)=NC12CCC(C(C)(C)CC)CC2. The summed E-state index contributed by atoms with van der Waals surface area (Å²) in [5, 5.41) is 7.04. The summed E-state index contributed by atoms with van der Waals surface area (Å²) in [6.45, 7) is 9.14. The predicted octanol–water partition coefficient (Wildman–Crippen LogP) is 6.84. The molecule has 43 heavy (non-hydrogen) atoms. The summed E-state index contributed by atoms with van der Waals surface area (Å²) in [6, 6.07) is 12.4. The Morgan fingerprint density at radius 2 is 1.77 bits per heavy atom. The van der Waals surface area contributed by atoms with Gasteiger partial charge in [0.25, 0.3) is 11.8 Å². The van der Waals surface area contributed by atoms with Gasteiger partial charge in [0.2, 0.25) is 0 Å². The number of hydrogen-bond donors (Lipinski definition) is 3. The van der Waals surface area contributed by atoms with E-state index in [9.17, 15) is 9.59 Å². The molecule has 232 valence electrons. The molecule has 0 saturated heterocycles. The van der Waals surface area contributed by atoms with Gasteiger partial charge < -0.3 is 21.8 Å². The van der Waals surface area contributed by atoms with Gasteiger partial charge >= 0.3 is 0 Å². The van der Waals surface area contributed by atoms with E-state index in [4.69, 9.17) is 39.8 Å². The number of amides is 2. The maximum absolute atomic E-state index is 14.5.